The van der Waals surface area contributed by atoms with Gasteiger partial charge in [-0.15, -0.1) is 11.6 Å². The molecule has 3 aliphatic rings. The molecule has 2 aliphatic heterocycles. The third-order valence-electron chi connectivity index (χ3n) is 6.87. The van der Waals surface area contributed by atoms with E-state index in [0.717, 1.165) is 48.6 Å². The molecule has 1 aliphatic carbocycles. The average Bonchev–Trinajstić information content (AvgIpc) is 3.27. The molecule has 2 heterocycles. The fourth-order valence-electron chi connectivity index (χ4n) is 4.95. The van der Waals surface area contributed by atoms with Crippen LogP contribution in [0.4, 0.5) is 11.4 Å². The predicted molar refractivity (Wildman–Crippen MR) is 124 cm³/mol. The highest BCUT2D eigenvalue weighted by Gasteiger charge is 2.51. The van der Waals surface area contributed by atoms with Gasteiger partial charge in [0.2, 0.25) is 12.7 Å². The Hall–Kier alpha value is -2.40. The van der Waals surface area contributed by atoms with Crippen LogP contribution in [-0.4, -0.2) is 31.2 Å². The summed E-state index contributed by atoms with van der Waals surface area (Å²) in [5, 5.41) is 3.19. The molecule has 6 heteroatoms. The SMILES string of the molecule is CC(C)(C)C1Cc2cc(NC(=O)C3(c4ccc5c(c4)OCO5)CC3)ccc2N1CCCl. The Labute approximate surface area is 188 Å². The van der Waals surface area contributed by atoms with Crippen LogP contribution in [-0.2, 0) is 16.6 Å². The summed E-state index contributed by atoms with van der Waals surface area (Å²) in [4.78, 5) is 15.7. The summed E-state index contributed by atoms with van der Waals surface area (Å²) in [7, 11) is 0. The van der Waals surface area contributed by atoms with Crippen LogP contribution in [0.25, 0.3) is 0 Å². The van der Waals surface area contributed by atoms with Crippen LogP contribution in [0.5, 0.6) is 11.5 Å². The van der Waals surface area contributed by atoms with Crippen LogP contribution in [0, 0.1) is 5.41 Å². The number of nitrogens with zero attached hydrogens (tertiary/aromatic N) is 1. The van der Waals surface area contributed by atoms with Crippen LogP contribution in [0.1, 0.15) is 44.7 Å². The summed E-state index contributed by atoms with van der Waals surface area (Å²) in [5.41, 5.74) is 4.03. The molecule has 1 unspecified atom stereocenters. The molecule has 1 amide bonds. The lowest BCUT2D eigenvalue weighted by Crippen LogP contribution is -2.42. The number of amides is 1. The first-order chi connectivity index (χ1) is 14.8. The number of alkyl halides is 1. The Morgan fingerprint density at radius 3 is 2.65 bits per heavy atom. The van der Waals surface area contributed by atoms with Gasteiger partial charge in [0.1, 0.15) is 0 Å². The topological polar surface area (TPSA) is 50.8 Å². The summed E-state index contributed by atoms with van der Waals surface area (Å²) in [6.07, 6.45) is 2.66. The molecule has 5 nitrogen and oxygen atoms in total. The molecule has 1 atom stereocenters. The van der Waals surface area contributed by atoms with Crippen molar-refractivity contribution in [2.45, 2.75) is 51.5 Å². The van der Waals surface area contributed by atoms with E-state index in [1.807, 2.05) is 24.3 Å². The summed E-state index contributed by atoms with van der Waals surface area (Å²) in [6.45, 7) is 7.89. The van der Waals surface area contributed by atoms with Gasteiger partial charge in [0.05, 0.1) is 5.41 Å². The van der Waals surface area contributed by atoms with Crippen molar-refractivity contribution >= 4 is 28.9 Å². The zero-order chi connectivity index (χ0) is 21.8. The zero-order valence-corrected chi connectivity index (χ0v) is 19.1. The number of benzene rings is 2. The van der Waals surface area contributed by atoms with Crippen molar-refractivity contribution in [3.05, 3.63) is 47.5 Å². The van der Waals surface area contributed by atoms with E-state index < -0.39 is 5.41 Å². The van der Waals surface area contributed by atoms with Gasteiger partial charge in [-0.3, -0.25) is 4.79 Å². The number of rotatable bonds is 5. The van der Waals surface area contributed by atoms with E-state index in [-0.39, 0.29) is 18.1 Å². The Balaban J connectivity index is 1.36. The van der Waals surface area contributed by atoms with Gasteiger partial charge in [-0.25, -0.2) is 0 Å². The first-order valence-electron chi connectivity index (χ1n) is 11.0. The Morgan fingerprint density at radius 2 is 1.94 bits per heavy atom. The second kappa shape index (κ2) is 7.33. The predicted octanol–water partition coefficient (Wildman–Crippen LogP) is 5.10. The maximum atomic E-state index is 13.3. The van der Waals surface area contributed by atoms with Crippen molar-refractivity contribution in [3.63, 3.8) is 0 Å². The molecule has 0 bridgehead atoms. The number of halogens is 1. The van der Waals surface area contributed by atoms with E-state index in [1.165, 1.54) is 11.3 Å². The van der Waals surface area contributed by atoms with Crippen LogP contribution in [0.15, 0.2) is 36.4 Å². The molecule has 0 aromatic heterocycles. The lowest BCUT2D eigenvalue weighted by molar-refractivity contribution is -0.118. The molecule has 1 fully saturated rings. The zero-order valence-electron chi connectivity index (χ0n) is 18.3. The summed E-state index contributed by atoms with van der Waals surface area (Å²) in [5.74, 6) is 2.12. The number of ether oxygens (including phenoxy) is 2. The van der Waals surface area contributed by atoms with Crippen molar-refractivity contribution in [3.8, 4) is 11.5 Å². The molecule has 0 radical (unpaired) electrons. The van der Waals surface area contributed by atoms with Crippen molar-refractivity contribution in [1.29, 1.82) is 0 Å². The molecule has 31 heavy (non-hydrogen) atoms. The van der Waals surface area contributed by atoms with Gasteiger partial charge in [-0.2, -0.15) is 0 Å². The van der Waals surface area contributed by atoms with Gasteiger partial charge in [0.25, 0.3) is 0 Å². The number of hydrogen-bond donors (Lipinski definition) is 1. The maximum Gasteiger partial charge on any atom is 0.235 e. The van der Waals surface area contributed by atoms with E-state index >= 15 is 0 Å². The number of fused-ring (bicyclic) bond motifs is 2. The molecule has 5 rings (SSSR count). The molecule has 0 saturated heterocycles. The Morgan fingerprint density at radius 1 is 1.16 bits per heavy atom. The molecular weight excluding hydrogens is 412 g/mol. The standard InChI is InChI=1S/C25H29ClN2O3/c1-24(2,3)22-13-16-12-18(5-6-19(16)28(22)11-10-26)27-23(29)25(8-9-25)17-4-7-20-21(14-17)31-15-30-20/h4-7,12,14,22H,8-11,13,15H2,1-3H3,(H,27,29). The van der Waals surface area contributed by atoms with Gasteiger partial charge in [0, 0.05) is 29.8 Å². The molecule has 0 spiro atoms. The van der Waals surface area contributed by atoms with E-state index in [2.05, 4.69) is 43.1 Å². The lowest BCUT2D eigenvalue weighted by Gasteiger charge is -2.36. The summed E-state index contributed by atoms with van der Waals surface area (Å²) in [6, 6.07) is 12.5. The van der Waals surface area contributed by atoms with Gasteiger partial charge < -0.3 is 19.7 Å². The average molecular weight is 441 g/mol. The monoisotopic (exact) mass is 440 g/mol. The largest absolute Gasteiger partial charge is 0.454 e. The van der Waals surface area contributed by atoms with Crippen molar-refractivity contribution < 1.29 is 14.3 Å². The first kappa shape index (κ1) is 20.5. The third-order valence-corrected chi connectivity index (χ3v) is 7.04. The fourth-order valence-corrected chi connectivity index (χ4v) is 5.13. The highest BCUT2D eigenvalue weighted by atomic mass is 35.5. The maximum absolute atomic E-state index is 13.3. The van der Waals surface area contributed by atoms with Gasteiger partial charge in [0.15, 0.2) is 11.5 Å². The minimum Gasteiger partial charge on any atom is -0.454 e. The molecule has 2 aromatic carbocycles. The molecule has 164 valence electrons. The number of hydrogen-bond acceptors (Lipinski definition) is 4. The second-order valence-electron chi connectivity index (χ2n) is 9.92. The third kappa shape index (κ3) is 3.53. The van der Waals surface area contributed by atoms with E-state index in [0.29, 0.717) is 11.9 Å². The summed E-state index contributed by atoms with van der Waals surface area (Å²) >= 11 is 6.10. The second-order valence-corrected chi connectivity index (χ2v) is 10.3. The molecule has 2 aromatic rings. The minimum absolute atomic E-state index is 0.0503. The van der Waals surface area contributed by atoms with Crippen molar-refractivity contribution in [2.75, 3.05) is 29.4 Å². The number of nitrogens with one attached hydrogen (secondary N) is 1. The normalized spacial score (nSPS) is 20.5. The van der Waals surface area contributed by atoms with Crippen LogP contribution in [0.3, 0.4) is 0 Å². The quantitative estimate of drug-likeness (QED) is 0.657. The number of anilines is 2. The van der Waals surface area contributed by atoms with Gasteiger partial charge in [-0.1, -0.05) is 26.8 Å². The van der Waals surface area contributed by atoms with E-state index in [1.54, 1.807) is 0 Å². The fraction of sp³-hybridized carbons (Fsp3) is 0.480. The highest BCUT2D eigenvalue weighted by molar-refractivity contribution is 6.18. The van der Waals surface area contributed by atoms with E-state index in [9.17, 15) is 4.79 Å². The lowest BCUT2D eigenvalue weighted by atomic mass is 9.84. The molecular formula is C25H29ClN2O3. The van der Waals surface area contributed by atoms with Crippen LogP contribution < -0.4 is 19.7 Å². The minimum atomic E-state index is -0.474. The molecule has 1 saturated carbocycles. The van der Waals surface area contributed by atoms with Crippen LogP contribution >= 0.6 is 11.6 Å². The number of carbonyl (C=O) groups excluding carboxylic acids is 1. The Kier molecular flexibility index (Phi) is 4.85. The van der Waals surface area contributed by atoms with Crippen molar-refractivity contribution in [1.82, 2.24) is 0 Å². The highest BCUT2D eigenvalue weighted by Crippen LogP contribution is 2.51. The van der Waals surface area contributed by atoms with Gasteiger partial charge >= 0.3 is 0 Å². The first-order valence-corrected chi connectivity index (χ1v) is 11.5. The van der Waals surface area contributed by atoms with Crippen molar-refractivity contribution in [2.24, 2.45) is 5.41 Å². The Bertz CT molecular complexity index is 1030. The van der Waals surface area contributed by atoms with Crippen LogP contribution in [0.2, 0.25) is 0 Å². The summed E-state index contributed by atoms with van der Waals surface area (Å²) < 4.78 is 10.9. The number of carbonyl (C=O) groups is 1. The van der Waals surface area contributed by atoms with E-state index in [4.69, 9.17) is 21.1 Å². The smallest absolute Gasteiger partial charge is 0.235 e. The van der Waals surface area contributed by atoms with Gasteiger partial charge in [-0.05, 0) is 66.1 Å². The molecule has 1 N–H and O–H groups in total.